The summed E-state index contributed by atoms with van der Waals surface area (Å²) in [5.41, 5.74) is 6.18. The highest BCUT2D eigenvalue weighted by Gasteiger charge is 1.88. The first-order valence-electron chi connectivity index (χ1n) is 3.63. The highest BCUT2D eigenvalue weighted by molar-refractivity contribution is 6.30. The van der Waals surface area contributed by atoms with Gasteiger partial charge in [-0.3, -0.25) is 0 Å². The van der Waals surface area contributed by atoms with Gasteiger partial charge in [0.15, 0.2) is 5.84 Å². The van der Waals surface area contributed by atoms with Crippen molar-refractivity contribution < 1.29 is 5.21 Å². The lowest BCUT2D eigenvalue weighted by Gasteiger charge is -1.92. The lowest BCUT2D eigenvalue weighted by atomic mass is 10.2. The molecule has 3 N–H and O–H groups in total. The molecule has 0 spiro atoms. The van der Waals surface area contributed by atoms with Crippen molar-refractivity contribution in [3.05, 3.63) is 40.9 Å². The maximum Gasteiger partial charge on any atom is 0.162 e. The first kappa shape index (κ1) is 9.61. The molecule has 3 nitrogen and oxygen atoms in total. The molecule has 0 saturated carbocycles. The van der Waals surface area contributed by atoms with E-state index in [9.17, 15) is 0 Å². The third-order valence-electron chi connectivity index (χ3n) is 1.43. The Bertz CT molecular complexity index is 330. The summed E-state index contributed by atoms with van der Waals surface area (Å²) in [5, 5.41) is 11.7. The van der Waals surface area contributed by atoms with Crippen LogP contribution in [0.25, 0.3) is 6.08 Å². The lowest BCUT2D eigenvalue weighted by Crippen LogP contribution is -2.06. The normalized spacial score (nSPS) is 12.2. The molecule has 0 bridgehead atoms. The molecule has 1 rings (SSSR count). The number of rotatable bonds is 2. The minimum Gasteiger partial charge on any atom is -0.409 e. The standard InChI is InChI=1S/C9H9ClN2O/c10-8-4-1-7(2-5-8)3-6-9(11)12-13/h1-6,13H,(H2,11,12). The van der Waals surface area contributed by atoms with E-state index in [0.717, 1.165) is 5.56 Å². The van der Waals surface area contributed by atoms with Crippen molar-refractivity contribution >= 4 is 23.5 Å². The molecular weight excluding hydrogens is 188 g/mol. The van der Waals surface area contributed by atoms with E-state index in [1.54, 1.807) is 18.2 Å². The summed E-state index contributed by atoms with van der Waals surface area (Å²) in [6.45, 7) is 0. The lowest BCUT2D eigenvalue weighted by molar-refractivity contribution is 0.319. The minimum atomic E-state index is 0.0648. The van der Waals surface area contributed by atoms with Crippen LogP contribution in [0.4, 0.5) is 0 Å². The highest BCUT2D eigenvalue weighted by atomic mass is 35.5. The molecule has 4 heteroatoms. The van der Waals surface area contributed by atoms with Gasteiger partial charge in [-0.25, -0.2) is 0 Å². The maximum atomic E-state index is 8.25. The number of hydrogen-bond donors (Lipinski definition) is 2. The number of nitrogens with two attached hydrogens (primary N) is 1. The Hall–Kier alpha value is -1.48. The molecule has 0 heterocycles. The maximum absolute atomic E-state index is 8.25. The van der Waals surface area contributed by atoms with Crippen LogP contribution in [0.3, 0.4) is 0 Å². The fraction of sp³-hybridized carbons (Fsp3) is 0. The van der Waals surface area contributed by atoms with E-state index in [-0.39, 0.29) is 5.84 Å². The zero-order chi connectivity index (χ0) is 9.68. The van der Waals surface area contributed by atoms with Crippen molar-refractivity contribution in [2.75, 3.05) is 0 Å². The monoisotopic (exact) mass is 196 g/mol. The van der Waals surface area contributed by atoms with E-state index in [4.69, 9.17) is 22.5 Å². The summed E-state index contributed by atoms with van der Waals surface area (Å²) in [6, 6.07) is 7.22. The molecule has 0 aliphatic rings. The summed E-state index contributed by atoms with van der Waals surface area (Å²) in [6.07, 6.45) is 3.23. The molecule has 1 aromatic rings. The van der Waals surface area contributed by atoms with Crippen LogP contribution >= 0.6 is 11.6 Å². The first-order valence-corrected chi connectivity index (χ1v) is 4.01. The number of hydrogen-bond acceptors (Lipinski definition) is 2. The van der Waals surface area contributed by atoms with Crippen LogP contribution in [0.15, 0.2) is 35.5 Å². The third kappa shape index (κ3) is 3.17. The van der Waals surface area contributed by atoms with E-state index >= 15 is 0 Å². The first-order chi connectivity index (χ1) is 6.22. The summed E-state index contributed by atoms with van der Waals surface area (Å²) in [5.74, 6) is 0.0648. The zero-order valence-electron chi connectivity index (χ0n) is 6.81. The summed E-state index contributed by atoms with van der Waals surface area (Å²) in [7, 11) is 0. The zero-order valence-corrected chi connectivity index (χ0v) is 7.57. The van der Waals surface area contributed by atoms with E-state index in [0.29, 0.717) is 5.02 Å². The number of benzene rings is 1. The van der Waals surface area contributed by atoms with E-state index < -0.39 is 0 Å². The molecule has 0 amide bonds. The van der Waals surface area contributed by atoms with Gasteiger partial charge in [-0.1, -0.05) is 35.0 Å². The van der Waals surface area contributed by atoms with Crippen molar-refractivity contribution in [2.45, 2.75) is 0 Å². The number of amidine groups is 1. The Balaban J connectivity index is 2.75. The number of nitrogens with zero attached hydrogens (tertiary/aromatic N) is 1. The summed E-state index contributed by atoms with van der Waals surface area (Å²) < 4.78 is 0. The number of halogens is 1. The Kier molecular flexibility index (Phi) is 3.34. The average molecular weight is 197 g/mol. The Labute approximate surface area is 81.1 Å². The van der Waals surface area contributed by atoms with Gasteiger partial charge in [-0.05, 0) is 23.8 Å². The highest BCUT2D eigenvalue weighted by Crippen LogP contribution is 2.10. The molecule has 13 heavy (non-hydrogen) atoms. The second-order valence-electron chi connectivity index (χ2n) is 2.41. The molecule has 0 saturated heterocycles. The van der Waals surface area contributed by atoms with Crippen molar-refractivity contribution in [2.24, 2.45) is 10.9 Å². The Morgan fingerprint density at radius 1 is 1.38 bits per heavy atom. The van der Waals surface area contributed by atoms with Crippen molar-refractivity contribution in [3.8, 4) is 0 Å². The van der Waals surface area contributed by atoms with Gasteiger partial charge in [0.1, 0.15) is 0 Å². The van der Waals surface area contributed by atoms with Crippen molar-refractivity contribution in [3.63, 3.8) is 0 Å². The molecule has 0 atom stereocenters. The van der Waals surface area contributed by atoms with E-state index in [2.05, 4.69) is 5.16 Å². The summed E-state index contributed by atoms with van der Waals surface area (Å²) >= 11 is 5.69. The van der Waals surface area contributed by atoms with Crippen molar-refractivity contribution in [1.82, 2.24) is 0 Å². The Morgan fingerprint density at radius 3 is 2.54 bits per heavy atom. The molecule has 0 radical (unpaired) electrons. The van der Waals surface area contributed by atoms with Gasteiger partial charge >= 0.3 is 0 Å². The van der Waals surface area contributed by atoms with Gasteiger partial charge < -0.3 is 10.9 Å². The molecule has 0 fully saturated rings. The summed E-state index contributed by atoms with van der Waals surface area (Å²) in [4.78, 5) is 0. The predicted molar refractivity (Wildman–Crippen MR) is 53.9 cm³/mol. The van der Waals surface area contributed by atoms with Gasteiger partial charge in [0.05, 0.1) is 0 Å². The molecule has 1 aromatic carbocycles. The van der Waals surface area contributed by atoms with E-state index in [1.165, 1.54) is 6.08 Å². The van der Waals surface area contributed by atoms with Gasteiger partial charge in [0, 0.05) is 5.02 Å². The molecule has 68 valence electrons. The molecule has 0 unspecified atom stereocenters. The van der Waals surface area contributed by atoms with Crippen LogP contribution in [0, 0.1) is 0 Å². The quantitative estimate of drug-likeness (QED) is 0.329. The van der Waals surface area contributed by atoms with Crippen LogP contribution in [0.2, 0.25) is 5.02 Å². The topological polar surface area (TPSA) is 58.6 Å². The number of oxime groups is 1. The second-order valence-corrected chi connectivity index (χ2v) is 2.85. The van der Waals surface area contributed by atoms with Gasteiger partial charge in [0.25, 0.3) is 0 Å². The van der Waals surface area contributed by atoms with Crippen LogP contribution in [0.5, 0.6) is 0 Å². The SMILES string of the molecule is N/C(C=Cc1ccc(Cl)cc1)=N\O. The van der Waals surface area contributed by atoms with Crippen molar-refractivity contribution in [1.29, 1.82) is 0 Å². The van der Waals surface area contributed by atoms with Gasteiger partial charge in [-0.15, -0.1) is 0 Å². The smallest absolute Gasteiger partial charge is 0.162 e. The predicted octanol–water partition coefficient (Wildman–Crippen LogP) is 2.10. The minimum absolute atomic E-state index is 0.0648. The Morgan fingerprint density at radius 2 is 2.00 bits per heavy atom. The fourth-order valence-electron chi connectivity index (χ4n) is 0.789. The molecular formula is C9H9ClN2O. The second kappa shape index (κ2) is 4.52. The molecule has 0 aromatic heterocycles. The van der Waals surface area contributed by atoms with Crippen LogP contribution in [0.1, 0.15) is 5.56 Å². The van der Waals surface area contributed by atoms with Gasteiger partial charge in [-0.2, -0.15) is 0 Å². The fourth-order valence-corrected chi connectivity index (χ4v) is 0.915. The largest absolute Gasteiger partial charge is 0.409 e. The average Bonchev–Trinajstić information content (AvgIpc) is 2.16. The van der Waals surface area contributed by atoms with Crippen LogP contribution in [-0.4, -0.2) is 11.0 Å². The van der Waals surface area contributed by atoms with Gasteiger partial charge in [0.2, 0.25) is 0 Å². The van der Waals surface area contributed by atoms with Crippen LogP contribution in [-0.2, 0) is 0 Å². The van der Waals surface area contributed by atoms with Crippen LogP contribution < -0.4 is 5.73 Å². The third-order valence-corrected chi connectivity index (χ3v) is 1.68. The van der Waals surface area contributed by atoms with E-state index in [1.807, 2.05) is 12.1 Å². The molecule has 0 aliphatic carbocycles. The molecule has 0 aliphatic heterocycles.